The van der Waals surface area contributed by atoms with Crippen LogP contribution in [0, 0.1) is 0 Å². The van der Waals surface area contributed by atoms with Gasteiger partial charge in [-0.05, 0) is 57.6 Å². The Kier molecular flexibility index (Phi) is 8.46. The number of nitrogens with zero attached hydrogens (tertiary/aromatic N) is 2. The SMILES string of the molecule is CC(C)(C)OC(=O)N1CCC(N(CCc2ccccc2)C(=O)C(F)(F)F)CC1Cc1ccccc1. The maximum Gasteiger partial charge on any atom is 0.471 e. The Bertz CT molecular complexity index is 975. The van der Waals surface area contributed by atoms with Crippen LogP contribution in [0.25, 0.3) is 0 Å². The summed E-state index contributed by atoms with van der Waals surface area (Å²) in [5.41, 5.74) is 1.13. The first-order valence-corrected chi connectivity index (χ1v) is 11.9. The van der Waals surface area contributed by atoms with Crippen LogP contribution in [0.4, 0.5) is 18.0 Å². The smallest absolute Gasteiger partial charge is 0.444 e. The van der Waals surface area contributed by atoms with Gasteiger partial charge in [0.15, 0.2) is 0 Å². The Morgan fingerprint density at radius 1 is 0.971 bits per heavy atom. The summed E-state index contributed by atoms with van der Waals surface area (Å²) in [7, 11) is 0. The molecule has 3 rings (SSSR count). The first kappa shape index (κ1) is 26.6. The van der Waals surface area contributed by atoms with E-state index in [0.29, 0.717) is 12.8 Å². The van der Waals surface area contributed by atoms with Crippen molar-refractivity contribution in [3.63, 3.8) is 0 Å². The number of rotatable bonds is 6. The van der Waals surface area contributed by atoms with Crippen molar-refractivity contribution in [2.45, 2.75) is 70.3 Å². The molecule has 190 valence electrons. The fourth-order valence-corrected chi connectivity index (χ4v) is 4.46. The molecule has 5 nitrogen and oxygen atoms in total. The first-order valence-electron chi connectivity index (χ1n) is 11.9. The van der Waals surface area contributed by atoms with E-state index in [1.54, 1.807) is 25.7 Å². The third-order valence-corrected chi connectivity index (χ3v) is 6.06. The largest absolute Gasteiger partial charge is 0.471 e. The summed E-state index contributed by atoms with van der Waals surface area (Å²) in [6.45, 7) is 5.49. The highest BCUT2D eigenvalue weighted by Crippen LogP contribution is 2.30. The van der Waals surface area contributed by atoms with Crippen molar-refractivity contribution in [3.05, 3.63) is 71.8 Å². The van der Waals surface area contributed by atoms with Gasteiger partial charge in [0.05, 0.1) is 0 Å². The third-order valence-electron chi connectivity index (χ3n) is 6.06. The van der Waals surface area contributed by atoms with Crippen LogP contribution in [0.3, 0.4) is 0 Å². The summed E-state index contributed by atoms with van der Waals surface area (Å²) in [4.78, 5) is 27.9. The van der Waals surface area contributed by atoms with Crippen LogP contribution in [0.1, 0.15) is 44.7 Å². The molecule has 0 aromatic heterocycles. The summed E-state index contributed by atoms with van der Waals surface area (Å²) in [6.07, 6.45) is -4.18. The lowest BCUT2D eigenvalue weighted by Gasteiger charge is -2.44. The van der Waals surface area contributed by atoms with Gasteiger partial charge < -0.3 is 14.5 Å². The van der Waals surface area contributed by atoms with Crippen molar-refractivity contribution in [2.24, 2.45) is 0 Å². The van der Waals surface area contributed by atoms with Crippen molar-refractivity contribution in [1.29, 1.82) is 0 Å². The summed E-state index contributed by atoms with van der Waals surface area (Å²) in [5.74, 6) is -1.83. The van der Waals surface area contributed by atoms with Gasteiger partial charge in [-0.25, -0.2) is 4.79 Å². The normalized spacial score (nSPS) is 18.7. The molecule has 0 saturated carbocycles. The molecule has 2 aromatic carbocycles. The fraction of sp³-hybridized carbons (Fsp3) is 0.481. The lowest BCUT2D eigenvalue weighted by Crippen LogP contribution is -2.56. The minimum atomic E-state index is -4.96. The van der Waals surface area contributed by atoms with Crippen LogP contribution in [0.15, 0.2) is 60.7 Å². The molecule has 35 heavy (non-hydrogen) atoms. The van der Waals surface area contributed by atoms with Crippen LogP contribution < -0.4 is 0 Å². The van der Waals surface area contributed by atoms with E-state index in [0.717, 1.165) is 16.0 Å². The highest BCUT2D eigenvalue weighted by molar-refractivity contribution is 5.82. The predicted octanol–water partition coefficient (Wildman–Crippen LogP) is 5.63. The van der Waals surface area contributed by atoms with E-state index in [4.69, 9.17) is 4.74 Å². The zero-order valence-corrected chi connectivity index (χ0v) is 20.4. The first-order chi connectivity index (χ1) is 16.4. The second kappa shape index (κ2) is 11.1. The number of hydrogen-bond acceptors (Lipinski definition) is 3. The van der Waals surface area contributed by atoms with Gasteiger partial charge in [0.1, 0.15) is 5.60 Å². The molecule has 0 spiro atoms. The highest BCUT2D eigenvalue weighted by atomic mass is 19.4. The molecule has 0 radical (unpaired) electrons. The second-order valence-electron chi connectivity index (χ2n) is 9.93. The molecule has 0 N–H and O–H groups in total. The lowest BCUT2D eigenvalue weighted by atomic mass is 9.91. The molecule has 0 bridgehead atoms. The van der Waals surface area contributed by atoms with Gasteiger partial charge in [0, 0.05) is 25.2 Å². The maximum absolute atomic E-state index is 13.5. The second-order valence-corrected chi connectivity index (χ2v) is 9.93. The van der Waals surface area contributed by atoms with Gasteiger partial charge in [-0.2, -0.15) is 13.2 Å². The van der Waals surface area contributed by atoms with Crippen LogP contribution in [0.5, 0.6) is 0 Å². The van der Waals surface area contributed by atoms with Gasteiger partial charge in [-0.3, -0.25) is 4.79 Å². The zero-order chi connectivity index (χ0) is 25.6. The number of ether oxygens (including phenoxy) is 1. The molecule has 0 aliphatic carbocycles. The molecule has 1 fully saturated rings. The quantitative estimate of drug-likeness (QED) is 0.527. The Balaban J connectivity index is 1.83. The van der Waals surface area contributed by atoms with E-state index in [9.17, 15) is 22.8 Å². The van der Waals surface area contributed by atoms with Gasteiger partial charge >= 0.3 is 18.2 Å². The predicted molar refractivity (Wildman–Crippen MR) is 128 cm³/mol. The number of carbonyl (C=O) groups is 2. The Hall–Kier alpha value is -3.03. The summed E-state index contributed by atoms with van der Waals surface area (Å²) in [6, 6.07) is 17.6. The van der Waals surface area contributed by atoms with E-state index in [2.05, 4.69) is 0 Å². The molecule has 2 aromatic rings. The topological polar surface area (TPSA) is 49.9 Å². The molecule has 2 atom stereocenters. The van der Waals surface area contributed by atoms with Crippen LogP contribution >= 0.6 is 0 Å². The Morgan fingerprint density at radius 2 is 1.54 bits per heavy atom. The number of carbonyl (C=O) groups excluding carboxylic acids is 2. The molecule has 1 aliphatic heterocycles. The number of alkyl halides is 3. The monoisotopic (exact) mass is 490 g/mol. The van der Waals surface area contributed by atoms with Gasteiger partial charge in [-0.1, -0.05) is 60.7 Å². The van der Waals surface area contributed by atoms with Gasteiger partial charge in [-0.15, -0.1) is 0 Å². The van der Waals surface area contributed by atoms with Crippen molar-refractivity contribution < 1.29 is 27.5 Å². The molecule has 1 aliphatic rings. The number of likely N-dealkylation sites (tertiary alicyclic amines) is 1. The molecule has 1 saturated heterocycles. The van der Waals surface area contributed by atoms with Crippen LogP contribution in [-0.4, -0.2) is 58.8 Å². The summed E-state index contributed by atoms with van der Waals surface area (Å²) < 4.78 is 46.2. The molecule has 2 unspecified atom stereocenters. The third kappa shape index (κ3) is 7.73. The molecule has 1 heterocycles. The van der Waals surface area contributed by atoms with Crippen molar-refractivity contribution in [1.82, 2.24) is 9.80 Å². The molecule has 8 heteroatoms. The van der Waals surface area contributed by atoms with E-state index < -0.39 is 35.9 Å². The van der Waals surface area contributed by atoms with E-state index in [-0.39, 0.29) is 25.9 Å². The fourth-order valence-electron chi connectivity index (χ4n) is 4.46. The number of halogens is 3. The van der Waals surface area contributed by atoms with Crippen molar-refractivity contribution in [3.8, 4) is 0 Å². The zero-order valence-electron chi connectivity index (χ0n) is 20.4. The molecule has 2 amide bonds. The molecular formula is C27H33F3N2O3. The number of hydrogen-bond donors (Lipinski definition) is 0. The van der Waals surface area contributed by atoms with E-state index in [1.165, 1.54) is 0 Å². The number of benzene rings is 2. The van der Waals surface area contributed by atoms with E-state index >= 15 is 0 Å². The highest BCUT2D eigenvalue weighted by Gasteiger charge is 2.46. The lowest BCUT2D eigenvalue weighted by molar-refractivity contribution is -0.189. The Morgan fingerprint density at radius 3 is 2.09 bits per heavy atom. The van der Waals surface area contributed by atoms with Gasteiger partial charge in [0.25, 0.3) is 0 Å². The average Bonchev–Trinajstić information content (AvgIpc) is 2.79. The Labute approximate surface area is 204 Å². The van der Waals surface area contributed by atoms with Crippen LogP contribution in [0.2, 0.25) is 0 Å². The average molecular weight is 491 g/mol. The number of piperidine rings is 1. The van der Waals surface area contributed by atoms with E-state index in [1.807, 2.05) is 60.7 Å². The standard InChI is InChI=1S/C27H33F3N2O3/c1-26(2,3)35-25(34)32-17-15-22(19-23(32)18-21-12-8-5-9-13-21)31(24(33)27(28,29)30)16-14-20-10-6-4-7-11-20/h4-13,22-23H,14-19H2,1-3H3. The van der Waals surface area contributed by atoms with Crippen molar-refractivity contribution in [2.75, 3.05) is 13.1 Å². The van der Waals surface area contributed by atoms with Crippen LogP contribution in [-0.2, 0) is 22.4 Å². The minimum absolute atomic E-state index is 0.0441. The minimum Gasteiger partial charge on any atom is -0.444 e. The summed E-state index contributed by atoms with van der Waals surface area (Å²) >= 11 is 0. The summed E-state index contributed by atoms with van der Waals surface area (Å²) in [5, 5.41) is 0. The molecular weight excluding hydrogens is 457 g/mol. The maximum atomic E-state index is 13.5. The van der Waals surface area contributed by atoms with Gasteiger partial charge in [0.2, 0.25) is 0 Å². The van der Waals surface area contributed by atoms with Crippen molar-refractivity contribution >= 4 is 12.0 Å². The number of amides is 2.